The van der Waals surface area contributed by atoms with Crippen LogP contribution in [0.5, 0.6) is 0 Å². The van der Waals surface area contributed by atoms with Crippen molar-refractivity contribution >= 4 is 11.9 Å². The van der Waals surface area contributed by atoms with Crippen molar-refractivity contribution in [3.05, 3.63) is 53.3 Å². The highest BCUT2D eigenvalue weighted by molar-refractivity contribution is 6.01. The average molecular weight is 302 g/mol. The first kappa shape index (κ1) is 15.8. The molecule has 0 bridgehead atoms. The molecule has 0 aliphatic rings. The first-order valence-electron chi connectivity index (χ1n) is 7.11. The molecule has 0 aliphatic carbocycles. The lowest BCUT2D eigenvalue weighted by atomic mass is 10.2. The van der Waals surface area contributed by atoms with E-state index in [1.165, 1.54) is 10.9 Å². The van der Waals surface area contributed by atoms with E-state index >= 15 is 0 Å². The Kier molecular flexibility index (Phi) is 5.30. The Morgan fingerprint density at radius 1 is 1.05 bits per heavy atom. The number of carbonyl (C=O) groups is 2. The molecule has 116 valence electrons. The summed E-state index contributed by atoms with van der Waals surface area (Å²) in [6.07, 6.45) is 1.51. The lowest BCUT2D eigenvalue weighted by Crippen LogP contribution is -2.13. The lowest BCUT2D eigenvalue weighted by Gasteiger charge is -2.01. The van der Waals surface area contributed by atoms with Crippen molar-refractivity contribution in [3.63, 3.8) is 0 Å². The van der Waals surface area contributed by atoms with E-state index < -0.39 is 11.9 Å². The maximum absolute atomic E-state index is 12.0. The molecular weight excluding hydrogens is 284 g/mol. The summed E-state index contributed by atoms with van der Waals surface area (Å²) >= 11 is 0. The highest BCUT2D eigenvalue weighted by atomic mass is 16.5. The first-order chi connectivity index (χ1) is 10.7. The number of nitrogens with zero attached hydrogens (tertiary/aromatic N) is 2. The zero-order chi connectivity index (χ0) is 15.9. The van der Waals surface area contributed by atoms with Gasteiger partial charge in [-0.25, -0.2) is 9.59 Å². The lowest BCUT2D eigenvalue weighted by molar-refractivity contribution is 0.0475. The van der Waals surface area contributed by atoms with E-state index in [9.17, 15) is 9.59 Å². The maximum atomic E-state index is 12.0. The highest BCUT2D eigenvalue weighted by Gasteiger charge is 2.24. The van der Waals surface area contributed by atoms with Gasteiger partial charge in [0.15, 0.2) is 5.69 Å². The fraction of sp³-hybridized carbons (Fsp3) is 0.312. The van der Waals surface area contributed by atoms with Crippen LogP contribution < -0.4 is 0 Å². The van der Waals surface area contributed by atoms with E-state index in [0.717, 1.165) is 5.56 Å². The molecule has 1 aromatic heterocycles. The number of ether oxygens (including phenoxy) is 2. The maximum Gasteiger partial charge on any atom is 0.359 e. The van der Waals surface area contributed by atoms with Crippen LogP contribution in [-0.2, 0) is 16.0 Å². The second kappa shape index (κ2) is 7.40. The third kappa shape index (κ3) is 3.72. The second-order valence-electron chi connectivity index (χ2n) is 4.52. The molecule has 0 fully saturated rings. The van der Waals surface area contributed by atoms with Gasteiger partial charge in [-0.05, 0) is 19.4 Å². The zero-order valence-corrected chi connectivity index (χ0v) is 12.6. The number of esters is 2. The van der Waals surface area contributed by atoms with Gasteiger partial charge in [0.2, 0.25) is 0 Å². The monoisotopic (exact) mass is 302 g/mol. The van der Waals surface area contributed by atoms with Crippen LogP contribution >= 0.6 is 0 Å². The zero-order valence-electron chi connectivity index (χ0n) is 12.6. The summed E-state index contributed by atoms with van der Waals surface area (Å²) < 4.78 is 11.4. The quantitative estimate of drug-likeness (QED) is 0.766. The third-order valence-corrected chi connectivity index (χ3v) is 2.91. The molecule has 0 aliphatic heterocycles. The van der Waals surface area contributed by atoms with Gasteiger partial charge in [-0.2, -0.15) is 5.10 Å². The molecule has 2 rings (SSSR count). The molecular formula is C16H18N2O4. The Morgan fingerprint density at radius 2 is 1.68 bits per heavy atom. The summed E-state index contributed by atoms with van der Waals surface area (Å²) in [5.41, 5.74) is 1.11. The Hall–Kier alpha value is -2.63. The van der Waals surface area contributed by atoms with Crippen LogP contribution in [0.1, 0.15) is 40.3 Å². The van der Waals surface area contributed by atoms with Crippen LogP contribution in [0.25, 0.3) is 0 Å². The van der Waals surface area contributed by atoms with Gasteiger partial charge in [0.25, 0.3) is 0 Å². The molecule has 0 spiro atoms. The van der Waals surface area contributed by atoms with E-state index in [0.29, 0.717) is 6.54 Å². The predicted octanol–water partition coefficient (Wildman–Crippen LogP) is 2.28. The predicted molar refractivity (Wildman–Crippen MR) is 79.7 cm³/mol. The third-order valence-electron chi connectivity index (χ3n) is 2.91. The number of carbonyl (C=O) groups excluding carboxylic acids is 2. The molecule has 0 unspecified atom stereocenters. The van der Waals surface area contributed by atoms with Gasteiger partial charge in [0.05, 0.1) is 19.8 Å². The van der Waals surface area contributed by atoms with Crippen molar-refractivity contribution in [2.24, 2.45) is 0 Å². The Bertz CT molecular complexity index is 614. The summed E-state index contributed by atoms with van der Waals surface area (Å²) in [7, 11) is 0. The molecule has 0 saturated carbocycles. The highest BCUT2D eigenvalue weighted by Crippen LogP contribution is 2.12. The van der Waals surface area contributed by atoms with Crippen LogP contribution in [0.15, 0.2) is 36.5 Å². The molecule has 0 radical (unpaired) electrons. The van der Waals surface area contributed by atoms with Crippen LogP contribution in [-0.4, -0.2) is 34.9 Å². The first-order valence-corrected chi connectivity index (χ1v) is 7.11. The van der Waals surface area contributed by atoms with Crippen molar-refractivity contribution in [1.82, 2.24) is 9.78 Å². The van der Waals surface area contributed by atoms with Gasteiger partial charge in [0, 0.05) is 6.20 Å². The van der Waals surface area contributed by atoms with Crippen LogP contribution in [0.4, 0.5) is 0 Å². The van der Waals surface area contributed by atoms with E-state index in [-0.39, 0.29) is 24.5 Å². The summed E-state index contributed by atoms with van der Waals surface area (Å²) in [4.78, 5) is 23.9. The van der Waals surface area contributed by atoms with Gasteiger partial charge in [-0.3, -0.25) is 4.68 Å². The largest absolute Gasteiger partial charge is 0.462 e. The fourth-order valence-electron chi connectivity index (χ4n) is 1.98. The van der Waals surface area contributed by atoms with Gasteiger partial charge < -0.3 is 9.47 Å². The van der Waals surface area contributed by atoms with Gasteiger partial charge in [0.1, 0.15) is 5.56 Å². The molecule has 6 heteroatoms. The van der Waals surface area contributed by atoms with E-state index in [1.807, 2.05) is 30.3 Å². The topological polar surface area (TPSA) is 70.4 Å². The second-order valence-corrected chi connectivity index (χ2v) is 4.52. The Balaban J connectivity index is 2.30. The van der Waals surface area contributed by atoms with E-state index in [2.05, 4.69) is 5.10 Å². The molecule has 1 aromatic carbocycles. The standard InChI is InChI=1S/C16H18N2O4/c1-3-21-15(19)13-11-18(10-12-8-6-5-7-9-12)17-14(13)16(20)22-4-2/h5-9,11H,3-4,10H2,1-2H3. The van der Waals surface area contributed by atoms with E-state index in [1.54, 1.807) is 13.8 Å². The van der Waals surface area contributed by atoms with Gasteiger partial charge >= 0.3 is 11.9 Å². The fourth-order valence-corrected chi connectivity index (χ4v) is 1.98. The molecule has 6 nitrogen and oxygen atoms in total. The molecule has 1 heterocycles. The number of benzene rings is 1. The average Bonchev–Trinajstić information content (AvgIpc) is 2.93. The minimum Gasteiger partial charge on any atom is -0.462 e. The summed E-state index contributed by atoms with van der Waals surface area (Å²) in [6.45, 7) is 4.30. The van der Waals surface area contributed by atoms with Crippen LogP contribution in [0.2, 0.25) is 0 Å². The van der Waals surface area contributed by atoms with Crippen molar-refractivity contribution in [2.75, 3.05) is 13.2 Å². The van der Waals surface area contributed by atoms with Crippen molar-refractivity contribution in [3.8, 4) is 0 Å². The van der Waals surface area contributed by atoms with Crippen LogP contribution in [0.3, 0.4) is 0 Å². The smallest absolute Gasteiger partial charge is 0.359 e. The SMILES string of the molecule is CCOC(=O)c1cn(Cc2ccccc2)nc1C(=O)OCC. The number of aromatic nitrogens is 2. The normalized spacial score (nSPS) is 10.3. The minimum absolute atomic E-state index is 0.0174. The molecule has 22 heavy (non-hydrogen) atoms. The Labute approximate surface area is 128 Å². The Morgan fingerprint density at radius 3 is 2.32 bits per heavy atom. The van der Waals surface area contributed by atoms with Crippen molar-refractivity contribution in [2.45, 2.75) is 20.4 Å². The number of hydrogen-bond acceptors (Lipinski definition) is 5. The molecule has 0 amide bonds. The number of rotatable bonds is 6. The molecule has 0 atom stereocenters. The summed E-state index contributed by atoms with van der Waals surface area (Å²) in [5.74, 6) is -1.21. The molecule has 2 aromatic rings. The minimum atomic E-state index is -0.627. The summed E-state index contributed by atoms with van der Waals surface area (Å²) in [6, 6.07) is 9.63. The molecule has 0 saturated heterocycles. The summed E-state index contributed by atoms with van der Waals surface area (Å²) in [5, 5.41) is 4.17. The molecule has 0 N–H and O–H groups in total. The van der Waals surface area contributed by atoms with E-state index in [4.69, 9.17) is 9.47 Å². The van der Waals surface area contributed by atoms with Gasteiger partial charge in [-0.15, -0.1) is 0 Å². The number of hydrogen-bond donors (Lipinski definition) is 0. The van der Waals surface area contributed by atoms with Crippen LogP contribution in [0, 0.1) is 0 Å². The van der Waals surface area contributed by atoms with Crippen molar-refractivity contribution in [1.29, 1.82) is 0 Å². The van der Waals surface area contributed by atoms with Crippen molar-refractivity contribution < 1.29 is 19.1 Å². The van der Waals surface area contributed by atoms with Gasteiger partial charge in [-0.1, -0.05) is 30.3 Å².